The molecule has 0 bridgehead atoms. The fraction of sp³-hybridized carbons (Fsp3) is 0.333. The molecule has 0 saturated heterocycles. The molecule has 0 aliphatic rings. The standard InChI is InChI=1S/C15H18N2O2/c1-11(2)14-12(3)9-17(16-14)15(18)19-10-13-7-5-4-6-8-13/h4-9,11H,10H2,1-3H3. The van der Waals surface area contributed by atoms with Gasteiger partial charge in [-0.2, -0.15) is 9.78 Å². The van der Waals surface area contributed by atoms with Crippen LogP contribution in [0.2, 0.25) is 0 Å². The Labute approximate surface area is 113 Å². The quantitative estimate of drug-likeness (QED) is 0.846. The molecule has 0 spiro atoms. The molecule has 100 valence electrons. The van der Waals surface area contributed by atoms with Gasteiger partial charge in [0.25, 0.3) is 0 Å². The van der Waals surface area contributed by atoms with E-state index in [0.717, 1.165) is 16.8 Å². The fourth-order valence-corrected chi connectivity index (χ4v) is 1.92. The molecule has 1 aromatic heterocycles. The predicted octanol–water partition coefficient (Wildman–Crippen LogP) is 3.50. The molecule has 0 N–H and O–H groups in total. The van der Waals surface area contributed by atoms with Gasteiger partial charge in [0.2, 0.25) is 0 Å². The summed E-state index contributed by atoms with van der Waals surface area (Å²) in [5, 5.41) is 4.26. The van der Waals surface area contributed by atoms with E-state index in [4.69, 9.17) is 4.74 Å². The summed E-state index contributed by atoms with van der Waals surface area (Å²) in [5.74, 6) is 0.295. The van der Waals surface area contributed by atoms with Gasteiger partial charge in [-0.15, -0.1) is 0 Å². The lowest BCUT2D eigenvalue weighted by Gasteiger charge is -2.04. The van der Waals surface area contributed by atoms with Gasteiger partial charge >= 0.3 is 6.09 Å². The fourth-order valence-electron chi connectivity index (χ4n) is 1.92. The maximum absolute atomic E-state index is 11.9. The third-order valence-corrected chi connectivity index (χ3v) is 2.87. The van der Waals surface area contributed by atoms with Crippen molar-refractivity contribution in [3.05, 3.63) is 53.3 Å². The van der Waals surface area contributed by atoms with Crippen LogP contribution in [0.15, 0.2) is 36.5 Å². The zero-order valence-electron chi connectivity index (χ0n) is 11.5. The Morgan fingerprint density at radius 1 is 1.32 bits per heavy atom. The second-order valence-corrected chi connectivity index (χ2v) is 4.84. The maximum atomic E-state index is 11.9. The molecule has 2 rings (SSSR count). The number of nitrogens with zero attached hydrogens (tertiary/aromatic N) is 2. The van der Waals surface area contributed by atoms with Crippen molar-refractivity contribution in [3.8, 4) is 0 Å². The van der Waals surface area contributed by atoms with E-state index in [1.807, 2.05) is 37.3 Å². The molecular formula is C15H18N2O2. The second kappa shape index (κ2) is 5.69. The molecule has 0 unspecified atom stereocenters. The third kappa shape index (κ3) is 3.22. The van der Waals surface area contributed by atoms with Crippen molar-refractivity contribution in [3.63, 3.8) is 0 Å². The van der Waals surface area contributed by atoms with Crippen LogP contribution in [0.25, 0.3) is 0 Å². The summed E-state index contributed by atoms with van der Waals surface area (Å²) in [4.78, 5) is 11.9. The van der Waals surface area contributed by atoms with Crippen molar-refractivity contribution >= 4 is 6.09 Å². The van der Waals surface area contributed by atoms with Crippen LogP contribution in [0.5, 0.6) is 0 Å². The number of hydrogen-bond acceptors (Lipinski definition) is 3. The molecule has 0 amide bonds. The Balaban J connectivity index is 2.02. The van der Waals surface area contributed by atoms with E-state index in [-0.39, 0.29) is 6.61 Å². The van der Waals surface area contributed by atoms with Crippen LogP contribution in [0.3, 0.4) is 0 Å². The molecule has 0 radical (unpaired) electrons. The number of ether oxygens (including phenoxy) is 1. The number of carbonyl (C=O) groups is 1. The van der Waals surface area contributed by atoms with Gasteiger partial charge in [0, 0.05) is 6.20 Å². The number of aromatic nitrogens is 2. The summed E-state index contributed by atoms with van der Waals surface area (Å²) in [7, 11) is 0. The van der Waals surface area contributed by atoms with Crippen LogP contribution >= 0.6 is 0 Å². The summed E-state index contributed by atoms with van der Waals surface area (Å²) in [5.41, 5.74) is 2.90. The van der Waals surface area contributed by atoms with E-state index in [1.54, 1.807) is 6.20 Å². The molecule has 1 aromatic carbocycles. The highest BCUT2D eigenvalue weighted by Crippen LogP contribution is 2.16. The van der Waals surface area contributed by atoms with Crippen LogP contribution in [0, 0.1) is 6.92 Å². The Bertz CT molecular complexity index is 559. The maximum Gasteiger partial charge on any atom is 0.435 e. The predicted molar refractivity (Wildman–Crippen MR) is 73.1 cm³/mol. The summed E-state index contributed by atoms with van der Waals surface area (Å²) >= 11 is 0. The van der Waals surface area contributed by atoms with Gasteiger partial charge in [0.1, 0.15) is 6.61 Å². The Hall–Kier alpha value is -2.10. The Morgan fingerprint density at radius 2 is 2.00 bits per heavy atom. The topological polar surface area (TPSA) is 44.1 Å². The Morgan fingerprint density at radius 3 is 2.58 bits per heavy atom. The van der Waals surface area contributed by atoms with Gasteiger partial charge in [-0.1, -0.05) is 44.2 Å². The van der Waals surface area contributed by atoms with Crippen molar-refractivity contribution in [1.82, 2.24) is 9.78 Å². The molecule has 19 heavy (non-hydrogen) atoms. The lowest BCUT2D eigenvalue weighted by molar-refractivity contribution is 0.137. The SMILES string of the molecule is Cc1cn(C(=O)OCc2ccccc2)nc1C(C)C. The average molecular weight is 258 g/mol. The van der Waals surface area contributed by atoms with Crippen molar-refractivity contribution in [2.24, 2.45) is 0 Å². The smallest absolute Gasteiger partial charge is 0.435 e. The molecule has 0 aliphatic heterocycles. The highest BCUT2D eigenvalue weighted by atomic mass is 16.6. The first-order chi connectivity index (χ1) is 9.08. The molecule has 0 fully saturated rings. The minimum atomic E-state index is -0.446. The zero-order chi connectivity index (χ0) is 13.8. The largest absolute Gasteiger partial charge is 0.443 e. The van der Waals surface area contributed by atoms with Crippen LogP contribution in [0.4, 0.5) is 4.79 Å². The van der Waals surface area contributed by atoms with E-state index in [2.05, 4.69) is 18.9 Å². The molecule has 2 aromatic rings. The minimum Gasteiger partial charge on any atom is -0.443 e. The van der Waals surface area contributed by atoms with Gasteiger partial charge in [0.05, 0.1) is 5.69 Å². The highest BCUT2D eigenvalue weighted by Gasteiger charge is 2.14. The van der Waals surface area contributed by atoms with Gasteiger partial charge in [0.15, 0.2) is 0 Å². The van der Waals surface area contributed by atoms with E-state index < -0.39 is 6.09 Å². The normalized spacial score (nSPS) is 10.7. The van der Waals surface area contributed by atoms with Gasteiger partial charge in [-0.25, -0.2) is 4.79 Å². The molecule has 0 atom stereocenters. The number of hydrogen-bond donors (Lipinski definition) is 0. The Kier molecular flexibility index (Phi) is 4.00. The van der Waals surface area contributed by atoms with Crippen molar-refractivity contribution in [2.75, 3.05) is 0 Å². The van der Waals surface area contributed by atoms with E-state index in [9.17, 15) is 4.79 Å². The first-order valence-corrected chi connectivity index (χ1v) is 6.35. The number of aryl methyl sites for hydroxylation is 1. The third-order valence-electron chi connectivity index (χ3n) is 2.87. The first kappa shape index (κ1) is 13.3. The molecule has 0 aliphatic carbocycles. The number of rotatable bonds is 3. The monoisotopic (exact) mass is 258 g/mol. The zero-order valence-corrected chi connectivity index (χ0v) is 11.5. The lowest BCUT2D eigenvalue weighted by Crippen LogP contribution is -2.14. The van der Waals surface area contributed by atoms with E-state index >= 15 is 0 Å². The minimum absolute atomic E-state index is 0.260. The van der Waals surface area contributed by atoms with Crippen LogP contribution < -0.4 is 0 Å². The molecular weight excluding hydrogens is 240 g/mol. The van der Waals surface area contributed by atoms with Crippen molar-refractivity contribution in [1.29, 1.82) is 0 Å². The van der Waals surface area contributed by atoms with Crippen molar-refractivity contribution < 1.29 is 9.53 Å². The summed E-state index contributed by atoms with van der Waals surface area (Å²) < 4.78 is 6.50. The van der Waals surface area contributed by atoms with Crippen LogP contribution in [-0.2, 0) is 11.3 Å². The molecule has 1 heterocycles. The highest BCUT2D eigenvalue weighted by molar-refractivity contribution is 5.69. The molecule has 4 nitrogen and oxygen atoms in total. The summed E-state index contributed by atoms with van der Waals surface area (Å²) in [6.07, 6.45) is 1.27. The second-order valence-electron chi connectivity index (χ2n) is 4.84. The molecule has 0 saturated carbocycles. The van der Waals surface area contributed by atoms with Crippen LogP contribution in [0.1, 0.15) is 36.6 Å². The summed E-state index contributed by atoms with van der Waals surface area (Å²) in [6, 6.07) is 9.59. The number of carbonyl (C=O) groups excluding carboxylic acids is 1. The average Bonchev–Trinajstić information content (AvgIpc) is 2.79. The lowest BCUT2D eigenvalue weighted by atomic mass is 10.1. The first-order valence-electron chi connectivity index (χ1n) is 6.35. The van der Waals surface area contributed by atoms with Crippen LogP contribution in [-0.4, -0.2) is 15.9 Å². The van der Waals surface area contributed by atoms with Gasteiger partial charge < -0.3 is 4.74 Å². The van der Waals surface area contributed by atoms with E-state index in [1.165, 1.54) is 4.68 Å². The van der Waals surface area contributed by atoms with Crippen molar-refractivity contribution in [2.45, 2.75) is 33.3 Å². The van der Waals surface area contributed by atoms with E-state index in [0.29, 0.717) is 5.92 Å². The van der Waals surface area contributed by atoms with Gasteiger partial charge in [-0.3, -0.25) is 0 Å². The molecule has 4 heteroatoms. The summed E-state index contributed by atoms with van der Waals surface area (Å²) in [6.45, 7) is 6.31. The number of benzene rings is 1. The van der Waals surface area contributed by atoms with Gasteiger partial charge in [-0.05, 0) is 24.0 Å².